The number of aryl methyl sites for hydroxylation is 1. The summed E-state index contributed by atoms with van der Waals surface area (Å²) in [6, 6.07) is 11.6. The average molecular weight is 418 g/mol. The predicted molar refractivity (Wildman–Crippen MR) is 119 cm³/mol. The molecule has 0 unspecified atom stereocenters. The lowest BCUT2D eigenvalue weighted by atomic mass is 9.90. The Morgan fingerprint density at radius 2 is 1.77 bits per heavy atom. The van der Waals surface area contributed by atoms with Crippen molar-refractivity contribution in [2.75, 3.05) is 13.1 Å². The molecule has 1 saturated heterocycles. The van der Waals surface area contributed by atoms with Crippen molar-refractivity contribution in [3.8, 4) is 0 Å². The number of aromatic nitrogens is 2. The van der Waals surface area contributed by atoms with Crippen LogP contribution in [0.25, 0.3) is 10.9 Å². The van der Waals surface area contributed by atoms with Crippen molar-refractivity contribution in [2.24, 2.45) is 13.0 Å². The summed E-state index contributed by atoms with van der Waals surface area (Å²) in [4.78, 5) is 39.6. The average Bonchev–Trinajstić information content (AvgIpc) is 3.58. The summed E-state index contributed by atoms with van der Waals surface area (Å²) in [7, 11) is 1.75. The van der Waals surface area contributed by atoms with Gasteiger partial charge in [-0.25, -0.2) is 0 Å². The van der Waals surface area contributed by atoms with E-state index < -0.39 is 0 Å². The number of rotatable bonds is 5. The van der Waals surface area contributed by atoms with Crippen LogP contribution in [-0.2, 0) is 18.4 Å². The minimum Gasteiger partial charge on any atom is -0.341 e. The largest absolute Gasteiger partial charge is 0.341 e. The molecule has 3 aromatic rings. The standard InChI is InChI=1S/C25H27N3O3/c1-26-11-8-19(14-23(26)29)17-9-12-27(13-10-17)24(30)16-28-15-21(25(31)18-6-7-18)20-4-2-3-5-22(20)28/h2-5,8,11,14-15,17-18H,6-7,9-10,12-13,16H2,1H3. The van der Waals surface area contributed by atoms with Crippen molar-refractivity contribution in [1.29, 1.82) is 0 Å². The van der Waals surface area contributed by atoms with Gasteiger partial charge in [-0.3, -0.25) is 14.4 Å². The lowest BCUT2D eigenvalue weighted by Gasteiger charge is -2.32. The highest BCUT2D eigenvalue weighted by Gasteiger charge is 2.32. The van der Waals surface area contributed by atoms with Crippen LogP contribution in [-0.4, -0.2) is 38.8 Å². The fourth-order valence-electron chi connectivity index (χ4n) is 4.67. The first kappa shape index (κ1) is 19.8. The van der Waals surface area contributed by atoms with E-state index in [9.17, 15) is 14.4 Å². The number of hydrogen-bond acceptors (Lipinski definition) is 3. The van der Waals surface area contributed by atoms with Gasteiger partial charge in [0.1, 0.15) is 6.54 Å². The number of pyridine rings is 1. The third-order valence-electron chi connectivity index (χ3n) is 6.76. The van der Waals surface area contributed by atoms with Gasteiger partial charge in [0.15, 0.2) is 5.78 Å². The molecule has 1 saturated carbocycles. The number of para-hydroxylation sites is 1. The smallest absolute Gasteiger partial charge is 0.250 e. The number of fused-ring (bicyclic) bond motifs is 1. The Balaban J connectivity index is 1.29. The predicted octanol–water partition coefficient (Wildman–Crippen LogP) is 3.34. The van der Waals surface area contributed by atoms with Crippen LogP contribution in [0, 0.1) is 5.92 Å². The molecule has 1 amide bonds. The Morgan fingerprint density at radius 3 is 2.48 bits per heavy atom. The molecule has 0 spiro atoms. The number of benzene rings is 1. The van der Waals surface area contributed by atoms with E-state index in [-0.39, 0.29) is 29.7 Å². The van der Waals surface area contributed by atoms with Crippen molar-refractivity contribution in [3.05, 3.63) is 70.3 Å². The summed E-state index contributed by atoms with van der Waals surface area (Å²) in [5.41, 5.74) is 2.76. The van der Waals surface area contributed by atoms with Crippen molar-refractivity contribution in [3.63, 3.8) is 0 Å². The van der Waals surface area contributed by atoms with Gasteiger partial charge in [0, 0.05) is 61.0 Å². The van der Waals surface area contributed by atoms with Crippen molar-refractivity contribution in [1.82, 2.24) is 14.0 Å². The van der Waals surface area contributed by atoms with Crippen LogP contribution in [0.15, 0.2) is 53.6 Å². The van der Waals surface area contributed by atoms with Crippen LogP contribution >= 0.6 is 0 Å². The van der Waals surface area contributed by atoms with Gasteiger partial charge < -0.3 is 14.0 Å². The van der Waals surface area contributed by atoms with Gasteiger partial charge in [-0.05, 0) is 49.3 Å². The lowest BCUT2D eigenvalue weighted by Crippen LogP contribution is -2.39. The van der Waals surface area contributed by atoms with E-state index in [1.165, 1.54) is 0 Å². The molecule has 0 bridgehead atoms. The molecule has 6 heteroatoms. The van der Waals surface area contributed by atoms with Crippen molar-refractivity contribution in [2.45, 2.75) is 38.1 Å². The van der Waals surface area contributed by atoms with Gasteiger partial charge >= 0.3 is 0 Å². The molecule has 1 aromatic carbocycles. The van der Waals surface area contributed by atoms with Gasteiger partial charge in [0.05, 0.1) is 0 Å². The number of carbonyl (C=O) groups is 2. The SMILES string of the molecule is Cn1ccc(C2CCN(C(=O)Cn3cc(C(=O)C4CC4)c4ccccc43)CC2)cc1=O. The minimum atomic E-state index is 0.00652. The first-order valence-electron chi connectivity index (χ1n) is 11.1. The second kappa shape index (κ2) is 7.84. The van der Waals surface area contributed by atoms with E-state index in [1.807, 2.05) is 52.2 Å². The third kappa shape index (κ3) is 3.82. The topological polar surface area (TPSA) is 64.3 Å². The van der Waals surface area contributed by atoms with Gasteiger partial charge in [0.2, 0.25) is 5.91 Å². The molecule has 0 N–H and O–H groups in total. The highest BCUT2D eigenvalue weighted by Crippen LogP contribution is 2.35. The van der Waals surface area contributed by atoms with Crippen molar-refractivity contribution < 1.29 is 9.59 Å². The van der Waals surface area contributed by atoms with E-state index in [0.29, 0.717) is 19.0 Å². The number of Topliss-reactive ketones (excluding diaryl/α,β-unsaturated/α-hetero) is 1. The Morgan fingerprint density at radius 1 is 1.03 bits per heavy atom. The van der Waals surface area contributed by atoms with Gasteiger partial charge in [0.25, 0.3) is 5.56 Å². The zero-order chi connectivity index (χ0) is 21.5. The molecule has 31 heavy (non-hydrogen) atoms. The summed E-state index contributed by atoms with van der Waals surface area (Å²) < 4.78 is 3.51. The molecular formula is C25H27N3O3. The normalized spacial score (nSPS) is 17.3. The third-order valence-corrected chi connectivity index (χ3v) is 6.76. The maximum Gasteiger partial charge on any atom is 0.250 e. The number of ketones is 1. The second-order valence-electron chi connectivity index (χ2n) is 8.89. The molecule has 160 valence electrons. The fourth-order valence-corrected chi connectivity index (χ4v) is 4.67. The number of hydrogen-bond donors (Lipinski definition) is 0. The molecule has 0 atom stereocenters. The van der Waals surface area contributed by atoms with E-state index in [0.717, 1.165) is 47.7 Å². The number of piperidine rings is 1. The Bertz CT molecular complexity index is 1210. The lowest BCUT2D eigenvalue weighted by molar-refractivity contribution is -0.132. The van der Waals surface area contributed by atoms with Crippen LogP contribution in [0.5, 0.6) is 0 Å². The molecule has 1 aliphatic heterocycles. The number of amides is 1. The van der Waals surface area contributed by atoms with Gasteiger partial charge in [-0.2, -0.15) is 0 Å². The molecule has 3 heterocycles. The first-order chi connectivity index (χ1) is 15.0. The van der Waals surface area contributed by atoms with E-state index in [1.54, 1.807) is 17.7 Å². The fraction of sp³-hybridized carbons (Fsp3) is 0.400. The number of nitrogens with zero attached hydrogens (tertiary/aromatic N) is 3. The highest BCUT2D eigenvalue weighted by atomic mass is 16.2. The summed E-state index contributed by atoms with van der Waals surface area (Å²) >= 11 is 0. The zero-order valence-corrected chi connectivity index (χ0v) is 17.8. The first-order valence-corrected chi connectivity index (χ1v) is 11.1. The monoisotopic (exact) mass is 417 g/mol. The van der Waals surface area contributed by atoms with E-state index in [4.69, 9.17) is 0 Å². The van der Waals surface area contributed by atoms with E-state index >= 15 is 0 Å². The molecule has 5 rings (SSSR count). The summed E-state index contributed by atoms with van der Waals surface area (Å²) in [5.74, 6) is 0.753. The van der Waals surface area contributed by atoms with Crippen LogP contribution in [0.2, 0.25) is 0 Å². The van der Waals surface area contributed by atoms with Crippen LogP contribution < -0.4 is 5.56 Å². The molecule has 6 nitrogen and oxygen atoms in total. The van der Waals surface area contributed by atoms with Crippen LogP contribution in [0.1, 0.15) is 47.5 Å². The Labute approximate surface area is 181 Å². The molecule has 2 fully saturated rings. The molecule has 1 aliphatic carbocycles. The zero-order valence-electron chi connectivity index (χ0n) is 17.8. The van der Waals surface area contributed by atoms with Gasteiger partial charge in [-0.1, -0.05) is 18.2 Å². The number of carbonyl (C=O) groups excluding carboxylic acids is 2. The summed E-state index contributed by atoms with van der Waals surface area (Å²) in [6.07, 6.45) is 7.34. The highest BCUT2D eigenvalue weighted by molar-refractivity contribution is 6.10. The quantitative estimate of drug-likeness (QED) is 0.598. The molecular weight excluding hydrogens is 390 g/mol. The van der Waals surface area contributed by atoms with Crippen molar-refractivity contribution >= 4 is 22.6 Å². The molecule has 2 aromatic heterocycles. The van der Waals surface area contributed by atoms with Crippen LogP contribution in [0.4, 0.5) is 0 Å². The summed E-state index contributed by atoms with van der Waals surface area (Å²) in [6.45, 7) is 1.62. The maximum atomic E-state index is 13.0. The summed E-state index contributed by atoms with van der Waals surface area (Å²) in [5, 5.41) is 0.941. The minimum absolute atomic E-state index is 0.00652. The molecule has 2 aliphatic rings. The Hall–Kier alpha value is -3.15. The number of likely N-dealkylation sites (tertiary alicyclic amines) is 1. The van der Waals surface area contributed by atoms with Crippen LogP contribution in [0.3, 0.4) is 0 Å². The second-order valence-corrected chi connectivity index (χ2v) is 8.89. The molecule has 0 radical (unpaired) electrons. The van der Waals surface area contributed by atoms with E-state index in [2.05, 4.69) is 0 Å². The maximum absolute atomic E-state index is 13.0. The van der Waals surface area contributed by atoms with Gasteiger partial charge in [-0.15, -0.1) is 0 Å². The Kier molecular flexibility index (Phi) is 5.00.